The molecule has 0 spiro atoms. The van der Waals surface area contributed by atoms with Gasteiger partial charge in [0.2, 0.25) is 0 Å². The third kappa shape index (κ3) is 2.49. The van der Waals surface area contributed by atoms with Crippen LogP contribution in [0.1, 0.15) is 24.1 Å². The molecule has 17 heavy (non-hydrogen) atoms. The number of hydrogen-bond donors (Lipinski definition) is 0. The lowest BCUT2D eigenvalue weighted by Crippen LogP contribution is -2.09. The van der Waals surface area contributed by atoms with E-state index in [1.165, 1.54) is 12.1 Å². The van der Waals surface area contributed by atoms with E-state index in [4.69, 9.17) is 0 Å². The highest BCUT2D eigenvalue weighted by Crippen LogP contribution is 2.30. The van der Waals surface area contributed by atoms with Crippen LogP contribution in [0.5, 0.6) is 0 Å². The van der Waals surface area contributed by atoms with Crippen molar-refractivity contribution < 1.29 is 13.2 Å². The fraction of sp³-hybridized carbons (Fsp3) is 0.250. The van der Waals surface area contributed by atoms with Gasteiger partial charge >= 0.3 is 6.18 Å². The van der Waals surface area contributed by atoms with Crippen LogP contribution in [0.25, 0.3) is 0 Å². The number of alkyl halides is 3. The van der Waals surface area contributed by atoms with Gasteiger partial charge in [-0.1, -0.05) is 12.1 Å². The van der Waals surface area contributed by atoms with Crippen LogP contribution in [0, 0.1) is 0 Å². The molecule has 0 fully saturated rings. The van der Waals surface area contributed by atoms with Crippen LogP contribution in [0.3, 0.4) is 0 Å². The van der Waals surface area contributed by atoms with Gasteiger partial charge in [0.1, 0.15) is 0 Å². The van der Waals surface area contributed by atoms with Crippen LogP contribution in [0.15, 0.2) is 42.7 Å². The minimum atomic E-state index is -4.28. The molecule has 0 amide bonds. The molecule has 1 aromatic carbocycles. The summed E-state index contributed by atoms with van der Waals surface area (Å²) in [5.74, 6) is 0. The first-order chi connectivity index (χ1) is 7.98. The Morgan fingerprint density at radius 2 is 1.82 bits per heavy atom. The second-order valence-electron chi connectivity index (χ2n) is 3.78. The van der Waals surface area contributed by atoms with Gasteiger partial charge in [-0.15, -0.1) is 0 Å². The third-order valence-corrected chi connectivity index (χ3v) is 2.64. The average Bonchev–Trinajstić information content (AvgIpc) is 2.80. The van der Waals surface area contributed by atoms with Crippen LogP contribution in [-0.4, -0.2) is 9.78 Å². The fourth-order valence-corrected chi connectivity index (χ4v) is 1.61. The van der Waals surface area contributed by atoms with E-state index in [2.05, 4.69) is 5.10 Å². The molecule has 5 heteroatoms. The van der Waals surface area contributed by atoms with Crippen molar-refractivity contribution in [1.29, 1.82) is 0 Å². The van der Waals surface area contributed by atoms with Crippen molar-refractivity contribution in [3.63, 3.8) is 0 Å². The minimum Gasteiger partial charge on any atom is -0.266 e. The van der Waals surface area contributed by atoms with E-state index in [9.17, 15) is 13.2 Å². The Bertz CT molecular complexity index is 471. The van der Waals surface area contributed by atoms with E-state index >= 15 is 0 Å². The zero-order valence-electron chi connectivity index (χ0n) is 9.15. The zero-order valence-corrected chi connectivity index (χ0v) is 9.15. The van der Waals surface area contributed by atoms with E-state index in [-0.39, 0.29) is 6.04 Å². The van der Waals surface area contributed by atoms with E-state index in [1.54, 1.807) is 23.1 Å². The average molecular weight is 240 g/mol. The van der Waals surface area contributed by atoms with Gasteiger partial charge in [0.25, 0.3) is 0 Å². The standard InChI is InChI=1S/C12H11F3N2/c1-9(17-8-2-7-16-17)10-3-5-11(6-4-10)12(13,14)15/h2-9H,1H3. The number of rotatable bonds is 2. The van der Waals surface area contributed by atoms with Crippen molar-refractivity contribution in [2.24, 2.45) is 0 Å². The predicted octanol–water partition coefficient (Wildman–Crippen LogP) is 3.51. The maximum atomic E-state index is 12.4. The number of aromatic nitrogens is 2. The highest BCUT2D eigenvalue weighted by atomic mass is 19.4. The van der Waals surface area contributed by atoms with Crippen LogP contribution in [0.2, 0.25) is 0 Å². The zero-order chi connectivity index (χ0) is 12.5. The van der Waals surface area contributed by atoms with Gasteiger partial charge in [-0.25, -0.2) is 0 Å². The lowest BCUT2D eigenvalue weighted by Gasteiger charge is -2.13. The molecule has 0 saturated heterocycles. The summed E-state index contributed by atoms with van der Waals surface area (Å²) in [6, 6.07) is 6.85. The molecule has 2 nitrogen and oxygen atoms in total. The van der Waals surface area contributed by atoms with Crippen LogP contribution >= 0.6 is 0 Å². The highest BCUT2D eigenvalue weighted by Gasteiger charge is 2.30. The van der Waals surface area contributed by atoms with Crippen LogP contribution in [0.4, 0.5) is 13.2 Å². The Labute approximate surface area is 96.7 Å². The van der Waals surface area contributed by atoms with Gasteiger partial charge in [-0.2, -0.15) is 18.3 Å². The van der Waals surface area contributed by atoms with Gasteiger partial charge in [-0.05, 0) is 30.7 Å². The molecule has 0 bridgehead atoms. The topological polar surface area (TPSA) is 17.8 Å². The number of halogens is 3. The Morgan fingerprint density at radius 3 is 2.29 bits per heavy atom. The van der Waals surface area contributed by atoms with E-state index in [1.807, 2.05) is 6.92 Å². The highest BCUT2D eigenvalue weighted by molar-refractivity contribution is 5.26. The molecule has 1 atom stereocenters. The lowest BCUT2D eigenvalue weighted by molar-refractivity contribution is -0.137. The van der Waals surface area contributed by atoms with Crippen molar-refractivity contribution in [3.8, 4) is 0 Å². The predicted molar refractivity (Wildman–Crippen MR) is 57.5 cm³/mol. The molecule has 1 unspecified atom stereocenters. The molecule has 0 aliphatic rings. The van der Waals surface area contributed by atoms with Crippen molar-refractivity contribution >= 4 is 0 Å². The Balaban J connectivity index is 2.24. The number of nitrogens with zero attached hydrogens (tertiary/aromatic N) is 2. The third-order valence-electron chi connectivity index (χ3n) is 2.64. The Kier molecular flexibility index (Phi) is 2.92. The van der Waals surface area contributed by atoms with E-state index in [0.717, 1.165) is 17.7 Å². The molecule has 0 aliphatic heterocycles. The molecular weight excluding hydrogens is 229 g/mol. The molecule has 1 heterocycles. The van der Waals surface area contributed by atoms with Gasteiger partial charge < -0.3 is 0 Å². The molecule has 90 valence electrons. The molecule has 0 aliphatic carbocycles. The quantitative estimate of drug-likeness (QED) is 0.785. The summed E-state index contributed by atoms with van der Waals surface area (Å²) in [7, 11) is 0. The summed E-state index contributed by atoms with van der Waals surface area (Å²) in [4.78, 5) is 0. The van der Waals surface area contributed by atoms with Gasteiger partial charge in [0.05, 0.1) is 11.6 Å². The summed E-state index contributed by atoms with van der Waals surface area (Å²) >= 11 is 0. The molecular formula is C12H11F3N2. The smallest absolute Gasteiger partial charge is 0.266 e. The maximum absolute atomic E-state index is 12.4. The Morgan fingerprint density at radius 1 is 1.18 bits per heavy atom. The molecule has 1 aromatic heterocycles. The summed E-state index contributed by atoms with van der Waals surface area (Å²) in [5.41, 5.74) is 0.163. The molecule has 0 saturated carbocycles. The van der Waals surface area contributed by atoms with Gasteiger partial charge in [-0.3, -0.25) is 4.68 Å². The van der Waals surface area contributed by atoms with Crippen LogP contribution in [-0.2, 0) is 6.18 Å². The number of benzene rings is 1. The maximum Gasteiger partial charge on any atom is 0.416 e. The van der Waals surface area contributed by atoms with E-state index < -0.39 is 11.7 Å². The van der Waals surface area contributed by atoms with Crippen molar-refractivity contribution in [1.82, 2.24) is 9.78 Å². The second kappa shape index (κ2) is 4.24. The van der Waals surface area contributed by atoms with Crippen molar-refractivity contribution in [2.75, 3.05) is 0 Å². The van der Waals surface area contributed by atoms with Gasteiger partial charge in [0.15, 0.2) is 0 Å². The fourth-order valence-electron chi connectivity index (χ4n) is 1.61. The minimum absolute atomic E-state index is 0.0766. The first-order valence-corrected chi connectivity index (χ1v) is 5.15. The van der Waals surface area contributed by atoms with Gasteiger partial charge in [0, 0.05) is 12.4 Å². The monoisotopic (exact) mass is 240 g/mol. The normalized spacial score (nSPS) is 13.6. The molecule has 0 N–H and O–H groups in total. The first kappa shape index (κ1) is 11.7. The Hall–Kier alpha value is -1.78. The first-order valence-electron chi connectivity index (χ1n) is 5.15. The summed E-state index contributed by atoms with van der Waals surface area (Å²) in [5, 5.41) is 4.06. The largest absolute Gasteiger partial charge is 0.416 e. The number of hydrogen-bond acceptors (Lipinski definition) is 1. The van der Waals surface area contributed by atoms with Crippen molar-refractivity contribution in [3.05, 3.63) is 53.9 Å². The second-order valence-corrected chi connectivity index (χ2v) is 3.78. The van der Waals surface area contributed by atoms with E-state index in [0.29, 0.717) is 0 Å². The lowest BCUT2D eigenvalue weighted by atomic mass is 10.1. The summed E-state index contributed by atoms with van der Waals surface area (Å²) in [6.07, 6.45) is -0.865. The SMILES string of the molecule is CC(c1ccc(C(F)(F)F)cc1)n1cccn1. The summed E-state index contributed by atoms with van der Waals surface area (Å²) < 4.78 is 38.8. The molecule has 2 rings (SSSR count). The molecule has 0 radical (unpaired) electrons. The molecule has 2 aromatic rings. The summed E-state index contributed by atoms with van der Waals surface area (Å²) in [6.45, 7) is 1.88. The van der Waals surface area contributed by atoms with Crippen LogP contribution < -0.4 is 0 Å². The van der Waals surface area contributed by atoms with Crippen molar-refractivity contribution in [2.45, 2.75) is 19.1 Å².